The Kier molecular flexibility index (Phi) is 5.63. The lowest BCUT2D eigenvalue weighted by atomic mass is 10.1. The zero-order valence-corrected chi connectivity index (χ0v) is 17.3. The van der Waals surface area contributed by atoms with Crippen molar-refractivity contribution in [2.75, 3.05) is 19.1 Å². The Hall–Kier alpha value is -3.45. The molecule has 0 spiro atoms. The number of hydrogen-bond donors (Lipinski definition) is 0. The van der Waals surface area contributed by atoms with Crippen LogP contribution in [0.15, 0.2) is 66.7 Å². The van der Waals surface area contributed by atoms with E-state index < -0.39 is 5.82 Å². The summed E-state index contributed by atoms with van der Waals surface area (Å²) in [5.41, 5.74) is 1.80. The predicted octanol–water partition coefficient (Wildman–Crippen LogP) is 5.30. The molecule has 0 saturated heterocycles. The number of halogens is 1. The number of benzene rings is 3. The van der Waals surface area contributed by atoms with Gasteiger partial charge >= 0.3 is 0 Å². The second-order valence-electron chi connectivity index (χ2n) is 6.53. The topological polar surface area (TPSA) is 51.7 Å². The van der Waals surface area contributed by atoms with Crippen LogP contribution in [0, 0.1) is 5.82 Å². The monoisotopic (exact) mass is 422 g/mol. The van der Waals surface area contributed by atoms with Crippen LogP contribution in [0.5, 0.6) is 11.5 Å². The number of carbonyl (C=O) groups is 1. The molecule has 0 saturated carbocycles. The third-order valence-corrected chi connectivity index (χ3v) is 5.72. The molecule has 3 aromatic carbocycles. The van der Waals surface area contributed by atoms with E-state index in [2.05, 4.69) is 4.98 Å². The number of aromatic nitrogens is 1. The van der Waals surface area contributed by atoms with Crippen LogP contribution in [0.1, 0.15) is 15.9 Å². The van der Waals surface area contributed by atoms with Gasteiger partial charge in [-0.25, -0.2) is 9.37 Å². The van der Waals surface area contributed by atoms with Crippen molar-refractivity contribution in [2.45, 2.75) is 6.54 Å². The van der Waals surface area contributed by atoms with Gasteiger partial charge < -0.3 is 9.47 Å². The van der Waals surface area contributed by atoms with Crippen molar-refractivity contribution in [3.8, 4) is 11.5 Å². The molecule has 5 nitrogen and oxygen atoms in total. The number of ether oxygens (including phenoxy) is 2. The number of hydrogen-bond acceptors (Lipinski definition) is 5. The van der Waals surface area contributed by atoms with Gasteiger partial charge in [0.05, 0.1) is 20.8 Å². The summed E-state index contributed by atoms with van der Waals surface area (Å²) in [6.07, 6.45) is 0. The lowest BCUT2D eigenvalue weighted by Gasteiger charge is -2.20. The molecule has 7 heteroatoms. The van der Waals surface area contributed by atoms with Crippen molar-refractivity contribution in [2.24, 2.45) is 0 Å². The first-order valence-electron chi connectivity index (χ1n) is 9.23. The van der Waals surface area contributed by atoms with E-state index in [0.717, 1.165) is 10.3 Å². The molecule has 0 N–H and O–H groups in total. The van der Waals surface area contributed by atoms with E-state index in [1.807, 2.05) is 30.3 Å². The molecule has 1 heterocycles. The van der Waals surface area contributed by atoms with Crippen molar-refractivity contribution >= 4 is 32.6 Å². The number of nitrogens with zero attached hydrogens (tertiary/aromatic N) is 2. The molecule has 0 unspecified atom stereocenters. The highest BCUT2D eigenvalue weighted by atomic mass is 32.1. The number of carbonyl (C=O) groups excluding carboxylic acids is 1. The van der Waals surface area contributed by atoms with Gasteiger partial charge in [0.1, 0.15) is 27.5 Å². The first-order valence-corrected chi connectivity index (χ1v) is 10.0. The van der Waals surface area contributed by atoms with E-state index in [-0.39, 0.29) is 11.5 Å². The van der Waals surface area contributed by atoms with Crippen LogP contribution in [0.4, 0.5) is 9.52 Å². The van der Waals surface area contributed by atoms with Crippen LogP contribution in [0.25, 0.3) is 10.2 Å². The molecule has 0 bridgehead atoms. The molecule has 0 fully saturated rings. The van der Waals surface area contributed by atoms with Crippen molar-refractivity contribution in [3.05, 3.63) is 83.7 Å². The predicted molar refractivity (Wildman–Crippen MR) is 116 cm³/mol. The lowest BCUT2D eigenvalue weighted by Crippen LogP contribution is -2.30. The summed E-state index contributed by atoms with van der Waals surface area (Å²) in [6, 6.07) is 18.8. The third-order valence-electron chi connectivity index (χ3n) is 4.63. The average Bonchev–Trinajstić information content (AvgIpc) is 3.22. The molecule has 30 heavy (non-hydrogen) atoms. The van der Waals surface area contributed by atoms with Crippen LogP contribution in [0.2, 0.25) is 0 Å². The van der Waals surface area contributed by atoms with Crippen molar-refractivity contribution < 1.29 is 18.7 Å². The Balaban J connectivity index is 1.84. The molecule has 4 aromatic rings. The summed E-state index contributed by atoms with van der Waals surface area (Å²) >= 11 is 1.33. The number of anilines is 1. The number of thiazole rings is 1. The SMILES string of the molecule is COc1ccc(OC)c2sc(N(Cc3ccccc3)C(=O)c3cccc(F)c3)nc12. The Morgan fingerprint density at radius 2 is 1.73 bits per heavy atom. The van der Waals surface area contributed by atoms with Crippen LogP contribution in [0.3, 0.4) is 0 Å². The minimum atomic E-state index is -0.465. The zero-order valence-electron chi connectivity index (χ0n) is 16.5. The Bertz CT molecular complexity index is 1150. The van der Waals surface area contributed by atoms with E-state index in [9.17, 15) is 9.18 Å². The summed E-state index contributed by atoms with van der Waals surface area (Å²) in [4.78, 5) is 19.6. The second-order valence-corrected chi connectivity index (χ2v) is 7.51. The van der Waals surface area contributed by atoms with Gasteiger partial charge in [0.2, 0.25) is 0 Å². The summed E-state index contributed by atoms with van der Waals surface area (Å²) in [6.45, 7) is 0.292. The smallest absolute Gasteiger partial charge is 0.260 e. The Labute approximate surface area is 177 Å². The average molecular weight is 422 g/mol. The van der Waals surface area contributed by atoms with Gasteiger partial charge in [-0.15, -0.1) is 0 Å². The summed E-state index contributed by atoms with van der Waals surface area (Å²) in [7, 11) is 3.15. The normalized spacial score (nSPS) is 10.8. The maximum absolute atomic E-state index is 13.8. The fourth-order valence-corrected chi connectivity index (χ4v) is 4.23. The largest absolute Gasteiger partial charge is 0.495 e. The van der Waals surface area contributed by atoms with Gasteiger partial charge in [-0.1, -0.05) is 47.7 Å². The van der Waals surface area contributed by atoms with Gasteiger partial charge in [0.25, 0.3) is 5.91 Å². The first kappa shape index (κ1) is 19.8. The number of fused-ring (bicyclic) bond motifs is 1. The van der Waals surface area contributed by atoms with Gasteiger partial charge in [-0.3, -0.25) is 9.69 Å². The Morgan fingerprint density at radius 3 is 2.43 bits per heavy atom. The van der Waals surface area contributed by atoms with E-state index in [0.29, 0.717) is 28.7 Å². The Morgan fingerprint density at radius 1 is 1.00 bits per heavy atom. The van der Waals surface area contributed by atoms with Crippen LogP contribution in [-0.4, -0.2) is 25.1 Å². The standard InChI is InChI=1S/C23H19FN2O3S/c1-28-18-11-12-19(29-2)21-20(18)25-23(30-21)26(14-15-7-4-3-5-8-15)22(27)16-9-6-10-17(24)13-16/h3-13H,14H2,1-2H3. The number of amides is 1. The van der Waals surface area contributed by atoms with E-state index >= 15 is 0 Å². The minimum absolute atomic E-state index is 0.254. The van der Waals surface area contributed by atoms with E-state index in [1.165, 1.54) is 29.5 Å². The van der Waals surface area contributed by atoms with Gasteiger partial charge in [0.15, 0.2) is 5.13 Å². The molecular formula is C23H19FN2O3S. The van der Waals surface area contributed by atoms with Crippen LogP contribution in [-0.2, 0) is 6.54 Å². The molecule has 1 aromatic heterocycles. The van der Waals surface area contributed by atoms with E-state index in [4.69, 9.17) is 9.47 Å². The highest BCUT2D eigenvalue weighted by Gasteiger charge is 2.24. The van der Waals surface area contributed by atoms with Gasteiger partial charge in [-0.2, -0.15) is 0 Å². The van der Waals surface area contributed by atoms with Crippen molar-refractivity contribution in [1.82, 2.24) is 4.98 Å². The summed E-state index contributed by atoms with van der Waals surface area (Å²) < 4.78 is 25.4. The molecule has 0 radical (unpaired) electrons. The minimum Gasteiger partial charge on any atom is -0.495 e. The molecule has 0 atom stereocenters. The molecular weight excluding hydrogens is 403 g/mol. The molecule has 0 aliphatic heterocycles. The number of methoxy groups -OCH3 is 2. The van der Waals surface area contributed by atoms with E-state index in [1.54, 1.807) is 37.3 Å². The lowest BCUT2D eigenvalue weighted by molar-refractivity contribution is 0.0984. The fourth-order valence-electron chi connectivity index (χ4n) is 3.16. The highest BCUT2D eigenvalue weighted by molar-refractivity contribution is 7.22. The maximum atomic E-state index is 13.8. The van der Waals surface area contributed by atoms with Crippen LogP contribution >= 0.6 is 11.3 Å². The maximum Gasteiger partial charge on any atom is 0.260 e. The highest BCUT2D eigenvalue weighted by Crippen LogP contribution is 2.40. The van der Waals surface area contributed by atoms with Crippen molar-refractivity contribution in [1.29, 1.82) is 0 Å². The first-order chi connectivity index (χ1) is 14.6. The quantitative estimate of drug-likeness (QED) is 0.423. The molecule has 4 rings (SSSR count). The van der Waals surface area contributed by atoms with Gasteiger partial charge in [0, 0.05) is 5.56 Å². The molecule has 0 aliphatic carbocycles. The third kappa shape index (κ3) is 3.84. The molecule has 1 amide bonds. The molecule has 152 valence electrons. The van der Waals surface area contributed by atoms with Gasteiger partial charge in [-0.05, 0) is 35.9 Å². The summed E-state index contributed by atoms with van der Waals surface area (Å²) in [5.74, 6) is 0.432. The van der Waals surface area contributed by atoms with Crippen LogP contribution < -0.4 is 14.4 Å². The second kappa shape index (κ2) is 8.51. The molecule has 0 aliphatic rings. The fraction of sp³-hybridized carbons (Fsp3) is 0.130. The number of rotatable bonds is 6. The zero-order chi connectivity index (χ0) is 21.1. The van der Waals surface area contributed by atoms with Crippen molar-refractivity contribution in [3.63, 3.8) is 0 Å². The summed E-state index contributed by atoms with van der Waals surface area (Å²) in [5, 5.41) is 0.478.